The quantitative estimate of drug-likeness (QED) is 0.350. The number of ether oxygens (including phenoxy) is 2. The number of esters is 1. The molecule has 1 aliphatic rings. The molecule has 1 N–H and O–H groups in total. The topological polar surface area (TPSA) is 93.1 Å². The van der Waals surface area contributed by atoms with Gasteiger partial charge in [0.15, 0.2) is 0 Å². The third-order valence-electron chi connectivity index (χ3n) is 4.62. The number of carbonyl (C=O) groups is 3. The fourth-order valence-electron chi connectivity index (χ4n) is 3.26. The first-order chi connectivity index (χ1) is 14.0. The Balaban J connectivity index is 2.13. The number of methoxy groups -OCH3 is 1. The molecule has 7 nitrogen and oxygen atoms in total. The van der Waals surface area contributed by atoms with Crippen molar-refractivity contribution < 1.29 is 29.0 Å². The van der Waals surface area contributed by atoms with Crippen LogP contribution in [-0.4, -0.2) is 47.9 Å². The van der Waals surface area contributed by atoms with Gasteiger partial charge in [0, 0.05) is 5.56 Å². The number of carbonyl (C=O) groups excluding carboxylic acids is 3. The van der Waals surface area contributed by atoms with E-state index in [9.17, 15) is 19.5 Å². The Bertz CT molecular complexity index is 949. The molecular weight excluding hydrogens is 374 g/mol. The van der Waals surface area contributed by atoms with Gasteiger partial charge in [0.25, 0.3) is 11.7 Å². The number of hydrogen-bond donors (Lipinski definition) is 1. The van der Waals surface area contributed by atoms with Crippen molar-refractivity contribution in [2.24, 2.45) is 0 Å². The highest BCUT2D eigenvalue weighted by Gasteiger charge is 2.46. The predicted molar refractivity (Wildman–Crippen MR) is 105 cm³/mol. The monoisotopic (exact) mass is 395 g/mol. The highest BCUT2D eigenvalue weighted by atomic mass is 16.5. The van der Waals surface area contributed by atoms with Crippen molar-refractivity contribution in [1.82, 2.24) is 4.90 Å². The summed E-state index contributed by atoms with van der Waals surface area (Å²) in [7, 11) is 1.20. The maximum atomic E-state index is 12.8. The van der Waals surface area contributed by atoms with Crippen LogP contribution in [0.2, 0.25) is 0 Å². The Morgan fingerprint density at radius 2 is 1.72 bits per heavy atom. The predicted octanol–water partition coefficient (Wildman–Crippen LogP) is 2.68. The number of amides is 1. The molecule has 0 saturated carbocycles. The number of aliphatic hydroxyl groups excluding tert-OH is 1. The number of ketones is 1. The van der Waals surface area contributed by atoms with Gasteiger partial charge in [0.2, 0.25) is 0 Å². The average Bonchev–Trinajstić information content (AvgIpc) is 2.99. The molecule has 0 aliphatic carbocycles. The van der Waals surface area contributed by atoms with Crippen molar-refractivity contribution in [3.63, 3.8) is 0 Å². The van der Waals surface area contributed by atoms with Crippen molar-refractivity contribution in [3.05, 3.63) is 71.3 Å². The van der Waals surface area contributed by atoms with E-state index in [1.54, 1.807) is 54.6 Å². The molecule has 2 aromatic carbocycles. The lowest BCUT2D eigenvalue weighted by Gasteiger charge is -2.24. The van der Waals surface area contributed by atoms with Gasteiger partial charge in [-0.05, 0) is 24.6 Å². The molecule has 1 unspecified atom stereocenters. The van der Waals surface area contributed by atoms with Crippen molar-refractivity contribution in [2.45, 2.75) is 13.0 Å². The zero-order chi connectivity index (χ0) is 21.0. The third-order valence-corrected chi connectivity index (χ3v) is 4.62. The summed E-state index contributed by atoms with van der Waals surface area (Å²) < 4.78 is 10.1. The van der Waals surface area contributed by atoms with Crippen molar-refractivity contribution in [1.29, 1.82) is 0 Å². The first-order valence-electron chi connectivity index (χ1n) is 9.11. The smallest absolute Gasteiger partial charge is 0.325 e. The maximum absolute atomic E-state index is 12.8. The lowest BCUT2D eigenvalue weighted by atomic mass is 9.95. The van der Waals surface area contributed by atoms with Gasteiger partial charge in [0.05, 0.1) is 25.3 Å². The summed E-state index contributed by atoms with van der Waals surface area (Å²) >= 11 is 0. The molecule has 1 saturated heterocycles. The van der Waals surface area contributed by atoms with Crippen LogP contribution in [0.3, 0.4) is 0 Å². The minimum Gasteiger partial charge on any atom is -0.507 e. The molecule has 29 heavy (non-hydrogen) atoms. The van der Waals surface area contributed by atoms with E-state index in [0.29, 0.717) is 23.5 Å². The van der Waals surface area contributed by atoms with Crippen LogP contribution in [0, 0.1) is 0 Å². The Labute approximate surface area is 168 Å². The van der Waals surface area contributed by atoms with E-state index < -0.39 is 30.2 Å². The van der Waals surface area contributed by atoms with Crippen molar-refractivity contribution in [3.8, 4) is 5.75 Å². The molecule has 7 heteroatoms. The lowest BCUT2D eigenvalue weighted by Crippen LogP contribution is -2.35. The molecule has 2 aromatic rings. The first-order valence-corrected chi connectivity index (χ1v) is 9.11. The second-order valence-electron chi connectivity index (χ2n) is 6.37. The van der Waals surface area contributed by atoms with Gasteiger partial charge >= 0.3 is 5.97 Å². The van der Waals surface area contributed by atoms with E-state index in [0.717, 1.165) is 4.90 Å². The minimum atomic E-state index is -0.926. The van der Waals surface area contributed by atoms with Crippen LogP contribution in [0.25, 0.3) is 5.76 Å². The molecule has 1 atom stereocenters. The minimum absolute atomic E-state index is 0.0748. The van der Waals surface area contributed by atoms with Gasteiger partial charge in [-0.15, -0.1) is 0 Å². The highest BCUT2D eigenvalue weighted by molar-refractivity contribution is 6.46. The summed E-state index contributed by atoms with van der Waals surface area (Å²) in [5.41, 5.74) is 0.891. The molecule has 0 aromatic heterocycles. The number of hydrogen-bond acceptors (Lipinski definition) is 6. The van der Waals surface area contributed by atoms with Crippen molar-refractivity contribution >= 4 is 23.4 Å². The van der Waals surface area contributed by atoms with E-state index >= 15 is 0 Å². The second kappa shape index (κ2) is 8.60. The highest BCUT2D eigenvalue weighted by Crippen LogP contribution is 2.39. The van der Waals surface area contributed by atoms with E-state index in [2.05, 4.69) is 4.74 Å². The molecule has 150 valence electrons. The zero-order valence-corrected chi connectivity index (χ0v) is 16.1. The maximum Gasteiger partial charge on any atom is 0.325 e. The number of aliphatic hydroxyl groups is 1. The molecule has 1 heterocycles. The van der Waals surface area contributed by atoms with Gasteiger partial charge < -0.3 is 19.5 Å². The van der Waals surface area contributed by atoms with E-state index in [1.807, 2.05) is 6.92 Å². The average molecular weight is 395 g/mol. The van der Waals surface area contributed by atoms with Gasteiger partial charge in [-0.25, -0.2) is 0 Å². The molecule has 1 aliphatic heterocycles. The molecule has 1 amide bonds. The van der Waals surface area contributed by atoms with Crippen LogP contribution in [0.5, 0.6) is 5.75 Å². The van der Waals surface area contributed by atoms with Gasteiger partial charge in [-0.2, -0.15) is 0 Å². The van der Waals surface area contributed by atoms with Crippen LogP contribution >= 0.6 is 0 Å². The zero-order valence-electron chi connectivity index (χ0n) is 16.1. The summed E-state index contributed by atoms with van der Waals surface area (Å²) in [6, 6.07) is 14.4. The van der Waals surface area contributed by atoms with Crippen molar-refractivity contribution in [2.75, 3.05) is 20.3 Å². The second-order valence-corrected chi connectivity index (χ2v) is 6.37. The first kappa shape index (κ1) is 20.1. The molecule has 0 radical (unpaired) electrons. The Morgan fingerprint density at radius 1 is 1.07 bits per heavy atom. The molecule has 1 fully saturated rings. The van der Waals surface area contributed by atoms with Crippen LogP contribution in [0.15, 0.2) is 60.2 Å². The van der Waals surface area contributed by atoms with Crippen LogP contribution in [0.1, 0.15) is 24.1 Å². The number of benzene rings is 2. The van der Waals surface area contributed by atoms with E-state index in [-0.39, 0.29) is 11.3 Å². The normalized spacial score (nSPS) is 18.0. The Hall–Kier alpha value is -3.61. The number of rotatable bonds is 6. The standard InChI is InChI=1S/C22H21NO6/c1-3-29-16-11-9-14(10-12-16)19-18(20(25)15-7-5-4-6-8-15)21(26)22(27)23(19)13-17(24)28-2/h4-12,19,25H,3,13H2,1-2H3/b20-18-. The van der Waals surface area contributed by atoms with E-state index in [1.165, 1.54) is 7.11 Å². The fraction of sp³-hybridized carbons (Fsp3) is 0.227. The molecular formula is C22H21NO6. The molecule has 0 bridgehead atoms. The summed E-state index contributed by atoms with van der Waals surface area (Å²) in [5.74, 6) is -2.05. The third kappa shape index (κ3) is 3.99. The van der Waals surface area contributed by atoms with Gasteiger partial charge in [-0.1, -0.05) is 42.5 Å². The van der Waals surface area contributed by atoms with Crippen LogP contribution in [-0.2, 0) is 19.1 Å². The molecule has 3 rings (SSSR count). The van der Waals surface area contributed by atoms with Gasteiger partial charge in [-0.3, -0.25) is 14.4 Å². The Morgan fingerprint density at radius 3 is 2.31 bits per heavy atom. The summed E-state index contributed by atoms with van der Waals surface area (Å²) in [4.78, 5) is 38.4. The SMILES string of the molecule is CCOc1ccc(C2/C(=C(/O)c3ccccc3)C(=O)C(=O)N2CC(=O)OC)cc1. The number of likely N-dealkylation sites (tertiary alicyclic amines) is 1. The van der Waals surface area contributed by atoms with Crippen LogP contribution < -0.4 is 4.74 Å². The summed E-state index contributed by atoms with van der Waals surface area (Å²) in [6.07, 6.45) is 0. The fourth-order valence-corrected chi connectivity index (χ4v) is 3.26. The number of Topliss-reactive ketones (excluding diaryl/α,β-unsaturated/α-hetero) is 1. The summed E-state index contributed by atoms with van der Waals surface area (Å²) in [5, 5.41) is 10.8. The summed E-state index contributed by atoms with van der Waals surface area (Å²) in [6.45, 7) is 1.94. The Kier molecular flexibility index (Phi) is 5.97. The lowest BCUT2D eigenvalue weighted by molar-refractivity contribution is -0.148. The van der Waals surface area contributed by atoms with Crippen LogP contribution in [0.4, 0.5) is 0 Å². The van der Waals surface area contributed by atoms with Gasteiger partial charge in [0.1, 0.15) is 18.1 Å². The molecule has 0 spiro atoms. The van der Waals surface area contributed by atoms with E-state index in [4.69, 9.17) is 4.74 Å². The number of nitrogens with zero attached hydrogens (tertiary/aromatic N) is 1. The largest absolute Gasteiger partial charge is 0.507 e.